The molecule has 0 aromatic heterocycles. The number of aliphatic hydroxyl groups excluding tert-OH is 1. The number of aliphatic hydroxyl groups is 1. The number of carbonyl (C=O) groups excluding carboxylic acids is 1. The van der Waals surface area contributed by atoms with E-state index in [4.69, 9.17) is 0 Å². The summed E-state index contributed by atoms with van der Waals surface area (Å²) in [6.07, 6.45) is 1.88. The lowest BCUT2D eigenvalue weighted by Gasteiger charge is -2.35. The molecule has 3 heteroatoms. The Labute approximate surface area is 108 Å². The third kappa shape index (κ3) is 2.98. The van der Waals surface area contributed by atoms with Crippen LogP contribution < -0.4 is 0 Å². The van der Waals surface area contributed by atoms with Crippen LogP contribution in [0.2, 0.25) is 0 Å². The number of hydrogen-bond acceptors (Lipinski definition) is 3. The van der Waals surface area contributed by atoms with Crippen molar-refractivity contribution in [2.75, 3.05) is 13.1 Å². The van der Waals surface area contributed by atoms with E-state index in [9.17, 15) is 9.90 Å². The fraction of sp³-hybridized carbons (Fsp3) is 0.533. The average Bonchev–Trinajstić information content (AvgIpc) is 2.42. The standard InChI is InChI=1S/C15H21NO2/c1-2-14(18)15(12-6-4-3-5-7-12)16-10-8-13(17)9-11-16/h3-7,13,15,17H,2,8-11H2,1H3. The Morgan fingerprint density at radius 2 is 1.94 bits per heavy atom. The molecule has 0 bridgehead atoms. The molecule has 1 aromatic rings. The second-order valence-corrected chi connectivity index (χ2v) is 4.90. The van der Waals surface area contributed by atoms with Gasteiger partial charge in [0.1, 0.15) is 0 Å². The van der Waals surface area contributed by atoms with Crippen LogP contribution in [0.5, 0.6) is 0 Å². The maximum atomic E-state index is 12.2. The van der Waals surface area contributed by atoms with Crippen LogP contribution in [0.1, 0.15) is 37.8 Å². The number of hydrogen-bond donors (Lipinski definition) is 1. The molecule has 1 unspecified atom stereocenters. The maximum Gasteiger partial charge on any atom is 0.154 e. The van der Waals surface area contributed by atoms with Crippen LogP contribution in [-0.4, -0.2) is 35.0 Å². The van der Waals surface area contributed by atoms with Crippen LogP contribution in [0.3, 0.4) is 0 Å². The first-order chi connectivity index (χ1) is 8.72. The molecule has 18 heavy (non-hydrogen) atoms. The lowest BCUT2D eigenvalue weighted by atomic mass is 9.96. The Morgan fingerprint density at radius 1 is 1.33 bits per heavy atom. The van der Waals surface area contributed by atoms with Gasteiger partial charge in [0.25, 0.3) is 0 Å². The molecule has 0 amide bonds. The van der Waals surface area contributed by atoms with Gasteiger partial charge in [-0.3, -0.25) is 9.69 Å². The topological polar surface area (TPSA) is 40.5 Å². The quantitative estimate of drug-likeness (QED) is 0.886. The van der Waals surface area contributed by atoms with Gasteiger partial charge in [0.05, 0.1) is 12.1 Å². The Bertz CT molecular complexity index is 383. The van der Waals surface area contributed by atoms with Crippen molar-refractivity contribution < 1.29 is 9.90 Å². The summed E-state index contributed by atoms with van der Waals surface area (Å²) in [4.78, 5) is 14.4. The molecule has 1 fully saturated rings. The monoisotopic (exact) mass is 247 g/mol. The Hall–Kier alpha value is -1.19. The highest BCUT2D eigenvalue weighted by Crippen LogP contribution is 2.26. The van der Waals surface area contributed by atoms with Gasteiger partial charge in [-0.15, -0.1) is 0 Å². The maximum absolute atomic E-state index is 12.2. The van der Waals surface area contributed by atoms with Crippen LogP contribution in [0.4, 0.5) is 0 Å². The van der Waals surface area contributed by atoms with Crippen molar-refractivity contribution in [2.24, 2.45) is 0 Å². The summed E-state index contributed by atoms with van der Waals surface area (Å²) in [6.45, 7) is 3.51. The number of ketones is 1. The van der Waals surface area contributed by atoms with Gasteiger partial charge in [-0.25, -0.2) is 0 Å². The van der Waals surface area contributed by atoms with Crippen molar-refractivity contribution in [2.45, 2.75) is 38.3 Å². The summed E-state index contributed by atoms with van der Waals surface area (Å²) in [5.74, 6) is 0.262. The van der Waals surface area contributed by atoms with Gasteiger partial charge in [0.15, 0.2) is 5.78 Å². The van der Waals surface area contributed by atoms with Gasteiger partial charge in [-0.05, 0) is 18.4 Å². The fourth-order valence-electron chi connectivity index (χ4n) is 2.57. The van der Waals surface area contributed by atoms with E-state index >= 15 is 0 Å². The number of nitrogens with zero attached hydrogens (tertiary/aromatic N) is 1. The van der Waals surface area contributed by atoms with E-state index in [0.29, 0.717) is 6.42 Å². The van der Waals surface area contributed by atoms with E-state index in [1.165, 1.54) is 0 Å². The molecule has 1 aliphatic heterocycles. The first-order valence-electron chi connectivity index (χ1n) is 6.72. The SMILES string of the molecule is CCC(=O)C(c1ccccc1)N1CCC(O)CC1. The molecular formula is C15H21NO2. The number of Topliss-reactive ketones (excluding diaryl/α,β-unsaturated/α-hetero) is 1. The van der Waals surface area contributed by atoms with Crippen LogP contribution in [-0.2, 0) is 4.79 Å². The van der Waals surface area contributed by atoms with E-state index in [-0.39, 0.29) is 17.9 Å². The fourth-order valence-corrected chi connectivity index (χ4v) is 2.57. The van der Waals surface area contributed by atoms with E-state index in [1.807, 2.05) is 37.3 Å². The molecule has 1 N–H and O–H groups in total. The molecule has 2 rings (SSSR count). The van der Waals surface area contributed by atoms with Crippen LogP contribution >= 0.6 is 0 Å². The molecule has 3 nitrogen and oxygen atoms in total. The number of rotatable bonds is 4. The first-order valence-corrected chi connectivity index (χ1v) is 6.72. The second-order valence-electron chi connectivity index (χ2n) is 4.90. The van der Waals surface area contributed by atoms with Crippen LogP contribution in [0, 0.1) is 0 Å². The van der Waals surface area contributed by atoms with E-state index in [0.717, 1.165) is 31.5 Å². The zero-order chi connectivity index (χ0) is 13.0. The zero-order valence-electron chi connectivity index (χ0n) is 10.9. The summed E-state index contributed by atoms with van der Waals surface area (Å²) in [5, 5.41) is 9.56. The number of carbonyl (C=O) groups is 1. The Morgan fingerprint density at radius 3 is 2.50 bits per heavy atom. The Kier molecular flexibility index (Phi) is 4.50. The van der Waals surface area contributed by atoms with E-state index in [2.05, 4.69) is 4.90 Å². The summed E-state index contributed by atoms with van der Waals surface area (Å²) < 4.78 is 0. The largest absolute Gasteiger partial charge is 0.393 e. The van der Waals surface area contributed by atoms with Crippen molar-refractivity contribution in [3.8, 4) is 0 Å². The van der Waals surface area contributed by atoms with Gasteiger partial charge in [0, 0.05) is 19.5 Å². The van der Waals surface area contributed by atoms with Gasteiger partial charge >= 0.3 is 0 Å². The predicted molar refractivity (Wildman–Crippen MR) is 71.3 cm³/mol. The van der Waals surface area contributed by atoms with Crippen molar-refractivity contribution in [3.05, 3.63) is 35.9 Å². The van der Waals surface area contributed by atoms with E-state index in [1.54, 1.807) is 0 Å². The molecule has 1 aromatic carbocycles. The first kappa shape index (κ1) is 13.2. The molecule has 0 aliphatic carbocycles. The minimum Gasteiger partial charge on any atom is -0.393 e. The van der Waals surface area contributed by atoms with Crippen molar-refractivity contribution in [1.29, 1.82) is 0 Å². The number of likely N-dealkylation sites (tertiary alicyclic amines) is 1. The molecule has 0 spiro atoms. The molecule has 0 radical (unpaired) electrons. The molecule has 98 valence electrons. The molecule has 1 aliphatic rings. The van der Waals surface area contributed by atoms with Gasteiger partial charge in [-0.2, -0.15) is 0 Å². The summed E-state index contributed by atoms with van der Waals surface area (Å²) >= 11 is 0. The van der Waals surface area contributed by atoms with Gasteiger partial charge < -0.3 is 5.11 Å². The number of piperidine rings is 1. The third-order valence-corrected chi connectivity index (χ3v) is 3.63. The van der Waals surface area contributed by atoms with Crippen molar-refractivity contribution >= 4 is 5.78 Å². The van der Waals surface area contributed by atoms with Crippen molar-refractivity contribution in [3.63, 3.8) is 0 Å². The number of benzene rings is 1. The van der Waals surface area contributed by atoms with E-state index < -0.39 is 0 Å². The summed E-state index contributed by atoms with van der Waals surface area (Å²) in [7, 11) is 0. The molecule has 1 atom stereocenters. The van der Waals surface area contributed by atoms with Gasteiger partial charge in [-0.1, -0.05) is 37.3 Å². The highest BCUT2D eigenvalue weighted by molar-refractivity contribution is 5.85. The highest BCUT2D eigenvalue weighted by Gasteiger charge is 2.29. The molecule has 1 saturated heterocycles. The average molecular weight is 247 g/mol. The summed E-state index contributed by atoms with van der Waals surface area (Å²) in [6, 6.07) is 9.82. The molecular weight excluding hydrogens is 226 g/mol. The molecule has 0 saturated carbocycles. The smallest absolute Gasteiger partial charge is 0.154 e. The minimum absolute atomic E-state index is 0.135. The van der Waals surface area contributed by atoms with Gasteiger partial charge in [0.2, 0.25) is 0 Å². The minimum atomic E-state index is -0.200. The molecule has 1 heterocycles. The van der Waals surface area contributed by atoms with Crippen LogP contribution in [0.15, 0.2) is 30.3 Å². The van der Waals surface area contributed by atoms with Crippen molar-refractivity contribution in [1.82, 2.24) is 4.90 Å². The normalized spacial score (nSPS) is 19.7. The lowest BCUT2D eigenvalue weighted by Crippen LogP contribution is -2.41. The Balaban J connectivity index is 2.18. The second kappa shape index (κ2) is 6.12. The predicted octanol–water partition coefficient (Wildman–Crippen LogP) is 2.16. The third-order valence-electron chi connectivity index (χ3n) is 3.63. The zero-order valence-corrected chi connectivity index (χ0v) is 10.9. The lowest BCUT2D eigenvalue weighted by molar-refractivity contribution is -0.125. The highest BCUT2D eigenvalue weighted by atomic mass is 16.3. The van der Waals surface area contributed by atoms with Crippen LogP contribution in [0.25, 0.3) is 0 Å². The summed E-state index contributed by atoms with van der Waals surface area (Å²) in [5.41, 5.74) is 1.07.